The van der Waals surface area contributed by atoms with Crippen molar-refractivity contribution in [2.45, 2.75) is 18.2 Å². The normalized spacial score (nSPS) is 26.5. The molecule has 1 fully saturated rings. The Bertz CT molecular complexity index is 231. The van der Waals surface area contributed by atoms with Crippen LogP contribution in [0.1, 0.15) is 0 Å². The third-order valence-electron chi connectivity index (χ3n) is 1.73. The topological polar surface area (TPSA) is 119 Å². The van der Waals surface area contributed by atoms with Gasteiger partial charge in [-0.15, -0.1) is 0 Å². The van der Waals surface area contributed by atoms with Gasteiger partial charge in [-0.1, -0.05) is 0 Å². The molecule has 1 heterocycles. The highest BCUT2D eigenvalue weighted by molar-refractivity contribution is 6.04. The molecule has 1 rings (SSSR count). The van der Waals surface area contributed by atoms with Gasteiger partial charge in [0.2, 0.25) is 0 Å². The lowest BCUT2D eigenvalue weighted by Gasteiger charge is -2.19. The lowest BCUT2D eigenvalue weighted by atomic mass is 10.1. The molecule has 0 aromatic heterocycles. The summed E-state index contributed by atoms with van der Waals surface area (Å²) in [6.07, 6.45) is -2.95. The van der Waals surface area contributed by atoms with Crippen LogP contribution in [0.2, 0.25) is 0 Å². The fraction of sp³-hybridized carbons (Fsp3) is 0.667. The first-order valence-electron chi connectivity index (χ1n) is 3.64. The van der Waals surface area contributed by atoms with E-state index in [9.17, 15) is 14.7 Å². The van der Waals surface area contributed by atoms with Gasteiger partial charge >= 0.3 is 6.03 Å². The van der Waals surface area contributed by atoms with Crippen molar-refractivity contribution in [1.82, 2.24) is 10.6 Å². The number of imide groups is 1. The van der Waals surface area contributed by atoms with Gasteiger partial charge in [0.05, 0.1) is 6.61 Å². The van der Waals surface area contributed by atoms with Crippen molar-refractivity contribution in [2.75, 3.05) is 6.61 Å². The summed E-state index contributed by atoms with van der Waals surface area (Å²) in [6.45, 7) is -0.680. The molecule has 3 atom stereocenters. The number of hydrogen-bond acceptors (Lipinski definition) is 5. The molecule has 0 radical (unpaired) electrons. The van der Waals surface area contributed by atoms with E-state index in [1.54, 1.807) is 0 Å². The predicted molar refractivity (Wildman–Crippen MR) is 39.6 cm³/mol. The zero-order valence-corrected chi connectivity index (χ0v) is 6.60. The van der Waals surface area contributed by atoms with Crippen molar-refractivity contribution in [3.05, 3.63) is 0 Å². The molecule has 13 heavy (non-hydrogen) atoms. The Morgan fingerprint density at radius 2 is 2.00 bits per heavy atom. The minimum atomic E-state index is -1.50. The molecule has 7 nitrogen and oxygen atoms in total. The van der Waals surface area contributed by atoms with Crippen molar-refractivity contribution in [1.29, 1.82) is 0 Å². The van der Waals surface area contributed by atoms with E-state index in [1.165, 1.54) is 0 Å². The van der Waals surface area contributed by atoms with Gasteiger partial charge in [0.1, 0.15) is 18.2 Å². The standard InChI is InChI=1S/C6H10N2O5/c9-1-2(10)4(11)3-5(12)8-6(13)7-3/h2-4,9-11H,1H2,(H2,7,8,12,13)/t2-,3-,4+/m0/s1. The number of rotatable bonds is 3. The molecule has 3 amide bonds. The van der Waals surface area contributed by atoms with Gasteiger partial charge in [-0.25, -0.2) is 4.79 Å². The van der Waals surface area contributed by atoms with Gasteiger partial charge in [0, 0.05) is 0 Å². The third kappa shape index (κ3) is 1.94. The van der Waals surface area contributed by atoms with Crippen LogP contribution in [-0.4, -0.2) is 52.1 Å². The molecule has 74 valence electrons. The molecule has 0 bridgehead atoms. The Kier molecular flexibility index (Phi) is 2.81. The summed E-state index contributed by atoms with van der Waals surface area (Å²) >= 11 is 0. The Hall–Kier alpha value is -1.18. The Balaban J connectivity index is 2.61. The number of aliphatic hydroxyl groups is 3. The number of aliphatic hydroxyl groups excluding tert-OH is 3. The van der Waals surface area contributed by atoms with Crippen molar-refractivity contribution in [3.8, 4) is 0 Å². The summed E-state index contributed by atoms with van der Waals surface area (Å²) in [5.41, 5.74) is 0. The number of carbonyl (C=O) groups is 2. The fourth-order valence-corrected chi connectivity index (χ4v) is 1.00. The highest BCUT2D eigenvalue weighted by Gasteiger charge is 2.38. The smallest absolute Gasteiger partial charge is 0.322 e. The molecule has 0 unspecified atom stereocenters. The largest absolute Gasteiger partial charge is 0.394 e. The fourth-order valence-electron chi connectivity index (χ4n) is 1.00. The molecule has 5 N–H and O–H groups in total. The molecule has 1 aliphatic rings. The van der Waals surface area contributed by atoms with Gasteiger partial charge in [0.25, 0.3) is 5.91 Å². The average Bonchev–Trinajstić information content (AvgIpc) is 2.42. The predicted octanol–water partition coefficient (Wildman–Crippen LogP) is -3.09. The zero-order valence-electron chi connectivity index (χ0n) is 6.60. The lowest BCUT2D eigenvalue weighted by molar-refractivity contribution is -0.125. The highest BCUT2D eigenvalue weighted by atomic mass is 16.4. The molecule has 0 aliphatic carbocycles. The van der Waals surface area contributed by atoms with Crippen LogP contribution >= 0.6 is 0 Å². The van der Waals surface area contributed by atoms with Crippen LogP contribution in [0.3, 0.4) is 0 Å². The summed E-state index contributed by atoms with van der Waals surface area (Å²) < 4.78 is 0. The number of carbonyl (C=O) groups excluding carboxylic acids is 2. The summed E-state index contributed by atoms with van der Waals surface area (Å²) in [6, 6.07) is -1.92. The van der Waals surface area contributed by atoms with E-state index in [-0.39, 0.29) is 0 Å². The van der Waals surface area contributed by atoms with Crippen molar-refractivity contribution < 1.29 is 24.9 Å². The summed E-state index contributed by atoms with van der Waals surface area (Å²) in [4.78, 5) is 21.5. The van der Waals surface area contributed by atoms with Crippen LogP contribution in [0.15, 0.2) is 0 Å². The summed E-state index contributed by atoms with van der Waals surface area (Å²) in [5, 5.41) is 30.6. The summed E-state index contributed by atoms with van der Waals surface area (Å²) in [5.74, 6) is -0.718. The lowest BCUT2D eigenvalue weighted by Crippen LogP contribution is -2.48. The van der Waals surface area contributed by atoms with Gasteiger partial charge in [0.15, 0.2) is 0 Å². The van der Waals surface area contributed by atoms with Gasteiger partial charge in [-0.2, -0.15) is 0 Å². The van der Waals surface area contributed by atoms with Crippen molar-refractivity contribution >= 4 is 11.9 Å². The van der Waals surface area contributed by atoms with E-state index in [0.717, 1.165) is 0 Å². The number of hydrogen-bond donors (Lipinski definition) is 5. The Labute approximate surface area is 73.4 Å². The molecule has 0 aromatic carbocycles. The molecule has 1 saturated heterocycles. The summed E-state index contributed by atoms with van der Waals surface area (Å²) in [7, 11) is 0. The zero-order chi connectivity index (χ0) is 10.0. The SMILES string of the molecule is O=C1NC(=O)[C@H]([C@H](O)[C@@H](O)CO)N1. The van der Waals surface area contributed by atoms with E-state index < -0.39 is 36.8 Å². The van der Waals surface area contributed by atoms with Crippen LogP contribution in [0.25, 0.3) is 0 Å². The van der Waals surface area contributed by atoms with Gasteiger partial charge in [-0.3, -0.25) is 10.1 Å². The van der Waals surface area contributed by atoms with E-state index in [1.807, 2.05) is 5.32 Å². The molecule has 0 saturated carbocycles. The van der Waals surface area contributed by atoms with Crippen LogP contribution in [0, 0.1) is 0 Å². The third-order valence-corrected chi connectivity index (χ3v) is 1.73. The Morgan fingerprint density at radius 3 is 2.38 bits per heavy atom. The first kappa shape index (κ1) is 9.90. The van der Waals surface area contributed by atoms with Crippen LogP contribution in [-0.2, 0) is 4.79 Å². The van der Waals surface area contributed by atoms with Crippen LogP contribution < -0.4 is 10.6 Å². The molecular formula is C6H10N2O5. The molecule has 0 aromatic rings. The molecule has 0 spiro atoms. The van der Waals surface area contributed by atoms with Gasteiger partial charge in [-0.05, 0) is 0 Å². The van der Waals surface area contributed by atoms with E-state index in [2.05, 4.69) is 5.32 Å². The maximum absolute atomic E-state index is 10.9. The maximum Gasteiger partial charge on any atom is 0.322 e. The number of nitrogens with one attached hydrogen (secondary N) is 2. The quantitative estimate of drug-likeness (QED) is 0.302. The molecule has 7 heteroatoms. The highest BCUT2D eigenvalue weighted by Crippen LogP contribution is 2.04. The maximum atomic E-state index is 10.9. The average molecular weight is 190 g/mol. The monoisotopic (exact) mass is 190 g/mol. The minimum Gasteiger partial charge on any atom is -0.394 e. The first-order chi connectivity index (χ1) is 6.06. The van der Waals surface area contributed by atoms with E-state index >= 15 is 0 Å². The van der Waals surface area contributed by atoms with Crippen molar-refractivity contribution in [2.24, 2.45) is 0 Å². The van der Waals surface area contributed by atoms with Crippen molar-refractivity contribution in [3.63, 3.8) is 0 Å². The van der Waals surface area contributed by atoms with Crippen LogP contribution in [0.5, 0.6) is 0 Å². The number of amides is 3. The number of urea groups is 1. The Morgan fingerprint density at radius 1 is 1.38 bits per heavy atom. The second-order valence-corrected chi connectivity index (χ2v) is 2.68. The van der Waals surface area contributed by atoms with E-state index in [0.29, 0.717) is 0 Å². The van der Waals surface area contributed by atoms with Crippen LogP contribution in [0.4, 0.5) is 4.79 Å². The molecular weight excluding hydrogens is 180 g/mol. The minimum absolute atomic E-state index is 0.680. The second kappa shape index (κ2) is 3.69. The first-order valence-corrected chi connectivity index (χ1v) is 3.64. The van der Waals surface area contributed by atoms with Gasteiger partial charge < -0.3 is 20.6 Å². The second-order valence-electron chi connectivity index (χ2n) is 2.68. The molecule has 1 aliphatic heterocycles. The van der Waals surface area contributed by atoms with E-state index in [4.69, 9.17) is 10.2 Å².